The normalized spacial score (nSPS) is 18.5. The second-order valence-electron chi connectivity index (χ2n) is 7.56. The van der Waals surface area contributed by atoms with Gasteiger partial charge < -0.3 is 14.6 Å². The average Bonchev–Trinajstić information content (AvgIpc) is 2.61. The van der Waals surface area contributed by atoms with Gasteiger partial charge in [0.2, 0.25) is 0 Å². The predicted molar refractivity (Wildman–Crippen MR) is 109 cm³/mol. The number of allylic oxidation sites excluding steroid dienone is 4. The number of methoxy groups -OCH3 is 1. The maximum absolute atomic E-state index is 11.7. The van der Waals surface area contributed by atoms with Gasteiger partial charge >= 0.3 is 5.97 Å². The minimum absolute atomic E-state index is 0.0445. The van der Waals surface area contributed by atoms with Crippen LogP contribution in [-0.2, 0) is 4.74 Å². The zero-order chi connectivity index (χ0) is 20.0. The lowest BCUT2D eigenvalue weighted by Crippen LogP contribution is -2.31. The summed E-state index contributed by atoms with van der Waals surface area (Å²) in [6.45, 7) is 8.41. The molecule has 1 N–H and O–H groups in total. The Kier molecular flexibility index (Phi) is 6.89. The third kappa shape index (κ3) is 5.75. The quantitative estimate of drug-likeness (QED) is 0.486. The number of carbonyl (C=O) groups excluding carboxylic acids is 1. The molecule has 1 aromatic rings. The summed E-state index contributed by atoms with van der Waals surface area (Å²) < 4.78 is 10.8. The van der Waals surface area contributed by atoms with Gasteiger partial charge in [-0.1, -0.05) is 29.4 Å². The Morgan fingerprint density at radius 1 is 1.22 bits per heavy atom. The van der Waals surface area contributed by atoms with Crippen LogP contribution in [-0.4, -0.2) is 23.8 Å². The van der Waals surface area contributed by atoms with Crippen LogP contribution in [0.25, 0.3) is 6.08 Å². The smallest absolute Gasteiger partial charge is 0.338 e. The third-order valence-corrected chi connectivity index (χ3v) is 4.69. The molecule has 0 aliphatic carbocycles. The van der Waals surface area contributed by atoms with E-state index in [0.29, 0.717) is 16.9 Å². The fraction of sp³-hybridized carbons (Fsp3) is 0.435. The molecular weight excluding hydrogens is 340 g/mol. The minimum atomic E-state index is -0.492. The zero-order valence-corrected chi connectivity index (χ0v) is 17.0. The Balaban J connectivity index is 2.03. The third-order valence-electron chi connectivity index (χ3n) is 4.69. The molecule has 1 aliphatic rings. The molecule has 0 saturated heterocycles. The summed E-state index contributed by atoms with van der Waals surface area (Å²) in [5, 5.41) is 10.3. The summed E-state index contributed by atoms with van der Waals surface area (Å²) in [4.78, 5) is 11.7. The topological polar surface area (TPSA) is 55.8 Å². The number of esters is 1. The summed E-state index contributed by atoms with van der Waals surface area (Å²) in [5.41, 5.74) is 3.22. The number of phenolic OH excluding ortho intramolecular Hbond substituents is 1. The molecule has 0 aromatic heterocycles. The van der Waals surface area contributed by atoms with E-state index in [4.69, 9.17) is 9.47 Å². The molecular formula is C23H30O4. The van der Waals surface area contributed by atoms with E-state index in [9.17, 15) is 9.90 Å². The molecule has 1 heterocycles. The zero-order valence-electron chi connectivity index (χ0n) is 17.0. The maximum atomic E-state index is 11.7. The highest BCUT2D eigenvalue weighted by atomic mass is 16.5. The van der Waals surface area contributed by atoms with Crippen LogP contribution in [0, 0.1) is 0 Å². The fourth-order valence-electron chi connectivity index (χ4n) is 3.07. The van der Waals surface area contributed by atoms with Gasteiger partial charge in [0.1, 0.15) is 5.60 Å². The van der Waals surface area contributed by atoms with Crippen molar-refractivity contribution in [3.05, 3.63) is 52.6 Å². The SMILES string of the molecule is COC(=O)c1cc(O)c2c(c1)C=C[C@@](C)(CCC=C(C)CCC=C(C)C)O2. The number of carbonyl (C=O) groups is 1. The van der Waals surface area contributed by atoms with Crippen LogP contribution in [0.2, 0.25) is 0 Å². The van der Waals surface area contributed by atoms with Crippen molar-refractivity contribution < 1.29 is 19.4 Å². The molecule has 4 heteroatoms. The van der Waals surface area contributed by atoms with E-state index in [0.717, 1.165) is 25.7 Å². The first kappa shape index (κ1) is 20.8. The summed E-state index contributed by atoms with van der Waals surface area (Å²) in [7, 11) is 1.32. The van der Waals surface area contributed by atoms with E-state index in [1.807, 2.05) is 19.1 Å². The van der Waals surface area contributed by atoms with E-state index in [2.05, 4.69) is 32.9 Å². The van der Waals surface area contributed by atoms with E-state index in [-0.39, 0.29) is 5.75 Å². The summed E-state index contributed by atoms with van der Waals surface area (Å²) in [6.07, 6.45) is 12.3. The fourth-order valence-corrected chi connectivity index (χ4v) is 3.07. The lowest BCUT2D eigenvalue weighted by atomic mass is 9.93. The minimum Gasteiger partial charge on any atom is -0.504 e. The number of hydrogen-bond donors (Lipinski definition) is 1. The van der Waals surface area contributed by atoms with Crippen molar-refractivity contribution >= 4 is 12.0 Å². The first-order chi connectivity index (χ1) is 12.7. The lowest BCUT2D eigenvalue weighted by molar-refractivity contribution is 0.0600. The molecule has 0 amide bonds. The van der Waals surface area contributed by atoms with Crippen LogP contribution < -0.4 is 4.74 Å². The van der Waals surface area contributed by atoms with Gasteiger partial charge in [-0.3, -0.25) is 0 Å². The van der Waals surface area contributed by atoms with Gasteiger partial charge in [0.25, 0.3) is 0 Å². The van der Waals surface area contributed by atoms with Crippen molar-refractivity contribution in [2.45, 2.75) is 59.0 Å². The number of fused-ring (bicyclic) bond motifs is 1. The van der Waals surface area contributed by atoms with Gasteiger partial charge in [0.15, 0.2) is 11.5 Å². The average molecular weight is 370 g/mol. The number of rotatable bonds is 7. The van der Waals surface area contributed by atoms with Crippen LogP contribution in [0.15, 0.2) is 41.5 Å². The van der Waals surface area contributed by atoms with Crippen LogP contribution in [0.3, 0.4) is 0 Å². The molecule has 0 spiro atoms. The molecule has 0 radical (unpaired) electrons. The highest BCUT2D eigenvalue weighted by Crippen LogP contribution is 2.40. The van der Waals surface area contributed by atoms with Gasteiger partial charge in [-0.05, 0) is 71.6 Å². The molecule has 4 nitrogen and oxygen atoms in total. The highest BCUT2D eigenvalue weighted by Gasteiger charge is 2.29. The van der Waals surface area contributed by atoms with Crippen LogP contribution in [0.4, 0.5) is 0 Å². The number of aromatic hydroxyl groups is 1. The molecule has 27 heavy (non-hydrogen) atoms. The van der Waals surface area contributed by atoms with Crippen molar-refractivity contribution in [1.29, 1.82) is 0 Å². The molecule has 1 aliphatic heterocycles. The van der Waals surface area contributed by atoms with E-state index < -0.39 is 11.6 Å². The van der Waals surface area contributed by atoms with Crippen LogP contribution in [0.5, 0.6) is 11.5 Å². The molecule has 146 valence electrons. The Morgan fingerprint density at radius 2 is 1.96 bits per heavy atom. The van der Waals surface area contributed by atoms with Crippen molar-refractivity contribution in [1.82, 2.24) is 0 Å². The molecule has 1 atom stereocenters. The molecule has 1 aromatic carbocycles. The van der Waals surface area contributed by atoms with Crippen molar-refractivity contribution in [2.75, 3.05) is 7.11 Å². The second kappa shape index (κ2) is 8.94. The summed E-state index contributed by atoms with van der Waals surface area (Å²) in [5.74, 6) is -0.114. The number of phenols is 1. The van der Waals surface area contributed by atoms with Crippen LogP contribution >= 0.6 is 0 Å². The van der Waals surface area contributed by atoms with E-state index in [1.165, 1.54) is 24.3 Å². The van der Waals surface area contributed by atoms with Gasteiger partial charge in [-0.2, -0.15) is 0 Å². The summed E-state index contributed by atoms with van der Waals surface area (Å²) in [6, 6.07) is 3.06. The first-order valence-corrected chi connectivity index (χ1v) is 9.36. The molecule has 0 fully saturated rings. The first-order valence-electron chi connectivity index (χ1n) is 9.36. The summed E-state index contributed by atoms with van der Waals surface area (Å²) >= 11 is 0. The van der Waals surface area contributed by atoms with Crippen molar-refractivity contribution in [3.63, 3.8) is 0 Å². The van der Waals surface area contributed by atoms with Crippen molar-refractivity contribution in [3.8, 4) is 11.5 Å². The van der Waals surface area contributed by atoms with Gasteiger partial charge in [-0.25, -0.2) is 4.79 Å². The van der Waals surface area contributed by atoms with E-state index >= 15 is 0 Å². The second-order valence-corrected chi connectivity index (χ2v) is 7.56. The molecule has 0 unspecified atom stereocenters. The molecule has 0 saturated carbocycles. The number of benzene rings is 1. The number of hydrogen-bond acceptors (Lipinski definition) is 4. The predicted octanol–water partition coefficient (Wildman–Crippen LogP) is 5.82. The standard InChI is InChI=1S/C23H30O4/c1-16(2)8-6-9-17(3)10-7-12-23(4)13-11-18-14-19(22(25)26-5)15-20(24)21(18)27-23/h8,10-11,13-15,24H,6-7,9,12H2,1-5H3/t23-/m1/s1. The Bertz CT molecular complexity index is 782. The maximum Gasteiger partial charge on any atom is 0.338 e. The Morgan fingerprint density at radius 3 is 2.63 bits per heavy atom. The highest BCUT2D eigenvalue weighted by molar-refractivity contribution is 5.91. The molecule has 0 bridgehead atoms. The molecule has 2 rings (SSSR count). The van der Waals surface area contributed by atoms with Crippen molar-refractivity contribution in [2.24, 2.45) is 0 Å². The van der Waals surface area contributed by atoms with Crippen LogP contribution in [0.1, 0.15) is 69.3 Å². The van der Waals surface area contributed by atoms with Gasteiger partial charge in [-0.15, -0.1) is 0 Å². The monoisotopic (exact) mass is 370 g/mol. The lowest BCUT2D eigenvalue weighted by Gasteiger charge is -2.32. The van der Waals surface area contributed by atoms with E-state index in [1.54, 1.807) is 6.07 Å². The largest absolute Gasteiger partial charge is 0.504 e. The van der Waals surface area contributed by atoms with Gasteiger partial charge in [0, 0.05) is 5.56 Å². The Labute approximate surface area is 162 Å². The Hall–Kier alpha value is -2.49. The van der Waals surface area contributed by atoms with Gasteiger partial charge in [0.05, 0.1) is 12.7 Å². The number of ether oxygens (including phenoxy) is 2.